The molecule has 0 aromatic carbocycles. The molecule has 0 amide bonds. The van der Waals surface area contributed by atoms with Gasteiger partial charge in [0.25, 0.3) is 0 Å². The van der Waals surface area contributed by atoms with Crippen LogP contribution in [-0.2, 0) is 6.61 Å². The van der Waals surface area contributed by atoms with Crippen LogP contribution in [0.15, 0.2) is 6.07 Å². The number of pyridine rings is 1. The van der Waals surface area contributed by atoms with Gasteiger partial charge in [0.1, 0.15) is 0 Å². The summed E-state index contributed by atoms with van der Waals surface area (Å²) in [4.78, 5) is 3.81. The maximum Gasteiger partial charge on any atom is 0.220 e. The van der Waals surface area contributed by atoms with Crippen molar-refractivity contribution in [3.05, 3.63) is 21.8 Å². The molecule has 0 aliphatic rings. The number of nitrogens with zero attached hydrogens (tertiary/aromatic N) is 1. The van der Waals surface area contributed by atoms with Crippen LogP contribution < -0.4 is 4.74 Å². The van der Waals surface area contributed by atoms with Crippen molar-refractivity contribution >= 4 is 23.2 Å². The Hall–Kier alpha value is -0.510. The summed E-state index contributed by atoms with van der Waals surface area (Å²) in [6.45, 7) is -0.174. The van der Waals surface area contributed by atoms with Crippen LogP contribution in [0.25, 0.3) is 0 Å². The molecule has 1 N–H and O–H groups in total. The number of aromatic nitrogens is 1. The molecule has 1 aromatic rings. The van der Waals surface area contributed by atoms with Crippen LogP contribution in [0.2, 0.25) is 10.2 Å². The second-order valence-corrected chi connectivity index (χ2v) is 2.85. The zero-order valence-corrected chi connectivity index (χ0v) is 7.85. The summed E-state index contributed by atoms with van der Waals surface area (Å²) < 4.78 is 4.86. The number of rotatable bonds is 2. The van der Waals surface area contributed by atoms with Gasteiger partial charge >= 0.3 is 0 Å². The first kappa shape index (κ1) is 9.58. The second-order valence-electron chi connectivity index (χ2n) is 2.09. The summed E-state index contributed by atoms with van der Waals surface area (Å²) in [6, 6.07) is 1.52. The third kappa shape index (κ3) is 1.80. The van der Waals surface area contributed by atoms with Crippen molar-refractivity contribution in [3.63, 3.8) is 0 Å². The van der Waals surface area contributed by atoms with Crippen LogP contribution >= 0.6 is 23.2 Å². The molecule has 0 radical (unpaired) electrons. The van der Waals surface area contributed by atoms with Crippen LogP contribution in [-0.4, -0.2) is 17.2 Å². The zero-order valence-electron chi connectivity index (χ0n) is 6.34. The van der Waals surface area contributed by atoms with E-state index in [1.165, 1.54) is 13.2 Å². The topological polar surface area (TPSA) is 42.4 Å². The molecule has 0 saturated heterocycles. The lowest BCUT2D eigenvalue weighted by atomic mass is 10.3. The van der Waals surface area contributed by atoms with Crippen LogP contribution in [0, 0.1) is 0 Å². The molecular formula is C7H7Cl2NO2. The molecule has 66 valence electrons. The normalized spacial score (nSPS) is 10.0. The van der Waals surface area contributed by atoms with Crippen LogP contribution in [0.1, 0.15) is 5.56 Å². The van der Waals surface area contributed by atoms with Gasteiger partial charge in [-0.05, 0) is 6.07 Å². The Labute approximate surface area is 79.9 Å². The fourth-order valence-electron chi connectivity index (χ4n) is 0.779. The highest BCUT2D eigenvalue weighted by Gasteiger charge is 2.08. The van der Waals surface area contributed by atoms with Crippen molar-refractivity contribution in [2.24, 2.45) is 0 Å². The molecule has 0 unspecified atom stereocenters. The fraction of sp³-hybridized carbons (Fsp3) is 0.286. The van der Waals surface area contributed by atoms with Gasteiger partial charge in [0.15, 0.2) is 5.15 Å². The lowest BCUT2D eigenvalue weighted by Gasteiger charge is -2.05. The SMILES string of the molecule is COc1nc(Cl)c(Cl)cc1CO. The predicted octanol–water partition coefficient (Wildman–Crippen LogP) is 1.89. The minimum absolute atomic E-state index is 0.172. The number of hydrogen-bond acceptors (Lipinski definition) is 3. The van der Waals surface area contributed by atoms with Crippen molar-refractivity contribution in [2.75, 3.05) is 7.11 Å². The van der Waals surface area contributed by atoms with Gasteiger partial charge in [0.2, 0.25) is 5.88 Å². The third-order valence-electron chi connectivity index (χ3n) is 1.34. The number of hydrogen-bond donors (Lipinski definition) is 1. The molecule has 0 atom stereocenters. The summed E-state index contributed by atoms with van der Waals surface area (Å²) in [5, 5.41) is 9.32. The van der Waals surface area contributed by atoms with Gasteiger partial charge in [0.05, 0.1) is 18.7 Å². The first-order chi connectivity index (χ1) is 5.69. The molecular weight excluding hydrogens is 201 g/mol. The van der Waals surface area contributed by atoms with Gasteiger partial charge in [-0.25, -0.2) is 0 Å². The Bertz CT molecular complexity index is 262. The summed E-state index contributed by atoms with van der Waals surface area (Å²) in [7, 11) is 1.45. The maximum atomic E-state index is 8.84. The smallest absolute Gasteiger partial charge is 0.220 e. The first-order valence-electron chi connectivity index (χ1n) is 3.18. The predicted molar refractivity (Wildman–Crippen MR) is 46.7 cm³/mol. The van der Waals surface area contributed by atoms with Crippen LogP contribution in [0.5, 0.6) is 5.88 Å². The van der Waals surface area contributed by atoms with E-state index < -0.39 is 0 Å². The number of halogens is 2. The average molecular weight is 208 g/mol. The molecule has 3 nitrogen and oxygen atoms in total. The molecule has 1 rings (SSSR count). The third-order valence-corrected chi connectivity index (χ3v) is 2.01. The molecule has 1 aromatic heterocycles. The van der Waals surface area contributed by atoms with Crippen molar-refractivity contribution < 1.29 is 9.84 Å². The fourth-order valence-corrected chi connectivity index (χ4v) is 1.08. The summed E-state index contributed by atoms with van der Waals surface area (Å²) in [5.41, 5.74) is 0.520. The molecule has 0 spiro atoms. The summed E-state index contributed by atoms with van der Waals surface area (Å²) in [6.07, 6.45) is 0. The Morgan fingerprint density at radius 2 is 2.25 bits per heavy atom. The quantitative estimate of drug-likeness (QED) is 0.754. The van der Waals surface area contributed by atoms with E-state index in [2.05, 4.69) is 4.98 Å². The van der Waals surface area contributed by atoms with Crippen molar-refractivity contribution in [2.45, 2.75) is 6.61 Å². The van der Waals surface area contributed by atoms with Crippen molar-refractivity contribution in [1.29, 1.82) is 0 Å². The van der Waals surface area contributed by atoms with Crippen LogP contribution in [0.3, 0.4) is 0 Å². The highest BCUT2D eigenvalue weighted by molar-refractivity contribution is 6.41. The number of ether oxygens (including phenoxy) is 1. The average Bonchev–Trinajstić information content (AvgIpc) is 2.09. The van der Waals surface area contributed by atoms with Gasteiger partial charge in [-0.3, -0.25) is 0 Å². The van der Waals surface area contributed by atoms with Gasteiger partial charge in [0, 0.05) is 5.56 Å². The number of aliphatic hydroxyl groups excluding tert-OH is 1. The minimum atomic E-state index is -0.174. The lowest BCUT2D eigenvalue weighted by Crippen LogP contribution is -1.95. The summed E-state index contributed by atoms with van der Waals surface area (Å²) in [5.74, 6) is 0.298. The Balaban J connectivity index is 3.19. The molecule has 0 aliphatic heterocycles. The van der Waals surface area contributed by atoms with E-state index in [-0.39, 0.29) is 11.8 Å². The van der Waals surface area contributed by atoms with Crippen molar-refractivity contribution in [3.8, 4) is 5.88 Å². The zero-order chi connectivity index (χ0) is 9.14. The monoisotopic (exact) mass is 207 g/mol. The van der Waals surface area contributed by atoms with Gasteiger partial charge in [-0.1, -0.05) is 23.2 Å². The molecule has 0 saturated carbocycles. The molecule has 0 bridgehead atoms. The van der Waals surface area contributed by atoms with E-state index >= 15 is 0 Å². The van der Waals surface area contributed by atoms with E-state index in [0.717, 1.165) is 0 Å². The second kappa shape index (κ2) is 3.94. The highest BCUT2D eigenvalue weighted by atomic mass is 35.5. The van der Waals surface area contributed by atoms with E-state index in [9.17, 15) is 0 Å². The molecule has 0 aliphatic carbocycles. The molecule has 0 fully saturated rings. The molecule has 5 heteroatoms. The van der Waals surface area contributed by atoms with Gasteiger partial charge < -0.3 is 9.84 Å². The maximum absolute atomic E-state index is 8.84. The number of methoxy groups -OCH3 is 1. The largest absolute Gasteiger partial charge is 0.481 e. The molecule has 1 heterocycles. The van der Waals surface area contributed by atoms with Gasteiger partial charge in [-0.2, -0.15) is 4.98 Å². The first-order valence-corrected chi connectivity index (χ1v) is 3.94. The summed E-state index contributed by atoms with van der Waals surface area (Å²) >= 11 is 11.3. The Morgan fingerprint density at radius 1 is 1.58 bits per heavy atom. The standard InChI is InChI=1S/C7H7Cl2NO2/c1-12-7-4(3-11)2-5(8)6(9)10-7/h2,11H,3H2,1H3. The lowest BCUT2D eigenvalue weighted by molar-refractivity contribution is 0.271. The van der Waals surface area contributed by atoms with Crippen molar-refractivity contribution in [1.82, 2.24) is 4.98 Å². The van der Waals surface area contributed by atoms with E-state index in [1.54, 1.807) is 0 Å². The van der Waals surface area contributed by atoms with E-state index in [4.69, 9.17) is 33.0 Å². The van der Waals surface area contributed by atoms with Crippen LogP contribution in [0.4, 0.5) is 0 Å². The van der Waals surface area contributed by atoms with E-state index in [1.807, 2.05) is 0 Å². The van der Waals surface area contributed by atoms with E-state index in [0.29, 0.717) is 16.5 Å². The number of aliphatic hydroxyl groups is 1. The van der Waals surface area contributed by atoms with Gasteiger partial charge in [-0.15, -0.1) is 0 Å². The Kier molecular flexibility index (Phi) is 3.14. The molecule has 12 heavy (non-hydrogen) atoms. The Morgan fingerprint density at radius 3 is 2.75 bits per heavy atom. The highest BCUT2D eigenvalue weighted by Crippen LogP contribution is 2.26. The minimum Gasteiger partial charge on any atom is -0.481 e.